The molecule has 1 unspecified atom stereocenters. The molecule has 0 bridgehead atoms. The van der Waals surface area contributed by atoms with Gasteiger partial charge in [0.1, 0.15) is 9.84 Å². The third-order valence-corrected chi connectivity index (χ3v) is 5.23. The van der Waals surface area contributed by atoms with E-state index in [0.29, 0.717) is 17.8 Å². The van der Waals surface area contributed by atoms with E-state index in [0.717, 1.165) is 6.42 Å². The van der Waals surface area contributed by atoms with E-state index in [2.05, 4.69) is 19.3 Å². The highest BCUT2D eigenvalue weighted by molar-refractivity contribution is 7.90. The van der Waals surface area contributed by atoms with Crippen LogP contribution in [0, 0.1) is 11.3 Å². The van der Waals surface area contributed by atoms with Crippen LogP contribution in [0.4, 0.5) is 0 Å². The quantitative estimate of drug-likeness (QED) is 0.574. The second-order valence-corrected chi connectivity index (χ2v) is 8.81. The molecular weight excluding hydrogens is 248 g/mol. The summed E-state index contributed by atoms with van der Waals surface area (Å²) in [5, 5.41) is 0. The summed E-state index contributed by atoms with van der Waals surface area (Å²) in [6, 6.07) is 0.267. The summed E-state index contributed by atoms with van der Waals surface area (Å²) in [6.07, 6.45) is 7.72. The zero-order chi connectivity index (χ0) is 13.8. The standard InChI is InChI=1S/C13H28N2O2S/c1-13(2)8-6-11(7-9-13)12(15-14)5-4-10-18(3,16)17/h11-12,15H,4-10,14H2,1-3H3. The van der Waals surface area contributed by atoms with Gasteiger partial charge in [0.25, 0.3) is 0 Å². The van der Waals surface area contributed by atoms with Crippen LogP contribution in [-0.2, 0) is 9.84 Å². The molecular formula is C13H28N2O2S. The number of hydrogen-bond acceptors (Lipinski definition) is 4. The van der Waals surface area contributed by atoms with E-state index in [9.17, 15) is 8.42 Å². The van der Waals surface area contributed by atoms with E-state index in [1.807, 2.05) is 0 Å². The first kappa shape index (κ1) is 15.9. The average molecular weight is 276 g/mol. The second kappa shape index (κ2) is 6.35. The molecule has 1 atom stereocenters. The van der Waals surface area contributed by atoms with Gasteiger partial charge in [-0.25, -0.2) is 8.42 Å². The Kier molecular flexibility index (Phi) is 5.62. The Morgan fingerprint density at radius 1 is 1.33 bits per heavy atom. The lowest BCUT2D eigenvalue weighted by Crippen LogP contribution is -2.43. The Hall–Kier alpha value is -0.130. The molecule has 0 spiro atoms. The zero-order valence-electron chi connectivity index (χ0n) is 11.9. The summed E-state index contributed by atoms with van der Waals surface area (Å²) in [5.41, 5.74) is 3.35. The molecule has 1 aliphatic carbocycles. The highest BCUT2D eigenvalue weighted by Gasteiger charge is 2.30. The molecule has 0 aromatic heterocycles. The maximum atomic E-state index is 11.1. The van der Waals surface area contributed by atoms with Gasteiger partial charge in [0.05, 0.1) is 0 Å². The van der Waals surface area contributed by atoms with Crippen molar-refractivity contribution in [2.24, 2.45) is 17.2 Å². The molecule has 1 aliphatic rings. The molecule has 4 nitrogen and oxygen atoms in total. The molecule has 1 saturated carbocycles. The molecule has 0 radical (unpaired) electrons. The van der Waals surface area contributed by atoms with Gasteiger partial charge in [0.2, 0.25) is 0 Å². The third-order valence-electron chi connectivity index (χ3n) is 4.20. The van der Waals surface area contributed by atoms with Crippen molar-refractivity contribution in [3.05, 3.63) is 0 Å². The second-order valence-electron chi connectivity index (χ2n) is 6.55. The molecule has 1 rings (SSSR count). The molecule has 3 N–H and O–H groups in total. The van der Waals surface area contributed by atoms with Gasteiger partial charge in [0.15, 0.2) is 0 Å². The molecule has 0 aromatic carbocycles. The number of nitrogens with two attached hydrogens (primary N) is 1. The molecule has 5 heteroatoms. The van der Waals surface area contributed by atoms with Crippen LogP contribution in [0.1, 0.15) is 52.4 Å². The molecule has 0 amide bonds. The van der Waals surface area contributed by atoms with Gasteiger partial charge in [-0.1, -0.05) is 13.8 Å². The highest BCUT2D eigenvalue weighted by Crippen LogP contribution is 2.39. The largest absolute Gasteiger partial charge is 0.271 e. The fraction of sp³-hybridized carbons (Fsp3) is 1.00. The summed E-state index contributed by atoms with van der Waals surface area (Å²) in [5.74, 6) is 6.49. The van der Waals surface area contributed by atoms with Crippen LogP contribution in [0.5, 0.6) is 0 Å². The van der Waals surface area contributed by atoms with Gasteiger partial charge in [-0.3, -0.25) is 11.3 Å². The van der Waals surface area contributed by atoms with E-state index in [1.54, 1.807) is 0 Å². The van der Waals surface area contributed by atoms with Crippen LogP contribution in [0.25, 0.3) is 0 Å². The van der Waals surface area contributed by atoms with Crippen LogP contribution < -0.4 is 11.3 Å². The van der Waals surface area contributed by atoms with Gasteiger partial charge >= 0.3 is 0 Å². The van der Waals surface area contributed by atoms with Crippen molar-refractivity contribution in [3.63, 3.8) is 0 Å². The van der Waals surface area contributed by atoms with E-state index in [1.165, 1.54) is 31.9 Å². The Bertz CT molecular complexity index is 342. The number of hydrazine groups is 1. The maximum absolute atomic E-state index is 11.1. The summed E-state index contributed by atoms with van der Waals surface area (Å²) in [7, 11) is -2.85. The maximum Gasteiger partial charge on any atom is 0.147 e. The Morgan fingerprint density at radius 2 is 1.89 bits per heavy atom. The Balaban J connectivity index is 2.38. The number of hydrogen-bond donors (Lipinski definition) is 2. The minimum Gasteiger partial charge on any atom is -0.271 e. The minimum absolute atomic E-state index is 0.267. The molecule has 0 saturated heterocycles. The molecule has 0 heterocycles. The van der Waals surface area contributed by atoms with Crippen molar-refractivity contribution < 1.29 is 8.42 Å². The Labute approximate surface area is 112 Å². The summed E-state index contributed by atoms with van der Waals surface area (Å²) >= 11 is 0. The first-order valence-corrected chi connectivity index (χ1v) is 8.93. The minimum atomic E-state index is -2.85. The molecule has 0 aliphatic heterocycles. The topological polar surface area (TPSA) is 72.2 Å². The summed E-state index contributed by atoms with van der Waals surface area (Å²) in [6.45, 7) is 4.63. The van der Waals surface area contributed by atoms with Crippen molar-refractivity contribution in [1.29, 1.82) is 0 Å². The normalized spacial score (nSPS) is 22.9. The van der Waals surface area contributed by atoms with Gasteiger partial charge in [-0.05, 0) is 49.9 Å². The van der Waals surface area contributed by atoms with E-state index >= 15 is 0 Å². The van der Waals surface area contributed by atoms with Crippen LogP contribution in [0.3, 0.4) is 0 Å². The van der Waals surface area contributed by atoms with Crippen LogP contribution in [0.2, 0.25) is 0 Å². The SMILES string of the molecule is CC1(C)CCC(C(CCCS(C)(=O)=O)NN)CC1. The number of sulfone groups is 1. The first-order chi connectivity index (χ1) is 8.23. The average Bonchev–Trinajstić information content (AvgIpc) is 2.24. The fourth-order valence-corrected chi connectivity index (χ4v) is 3.54. The van der Waals surface area contributed by atoms with Crippen molar-refractivity contribution in [2.75, 3.05) is 12.0 Å². The monoisotopic (exact) mass is 276 g/mol. The van der Waals surface area contributed by atoms with E-state index in [4.69, 9.17) is 5.84 Å². The third kappa shape index (κ3) is 5.67. The summed E-state index contributed by atoms with van der Waals surface area (Å²) < 4.78 is 22.2. The fourth-order valence-electron chi connectivity index (χ4n) is 2.84. The van der Waals surface area contributed by atoms with E-state index < -0.39 is 9.84 Å². The van der Waals surface area contributed by atoms with Crippen LogP contribution in [-0.4, -0.2) is 26.5 Å². The predicted molar refractivity (Wildman–Crippen MR) is 75.8 cm³/mol. The summed E-state index contributed by atoms with van der Waals surface area (Å²) in [4.78, 5) is 0. The van der Waals surface area contributed by atoms with Crippen molar-refractivity contribution in [3.8, 4) is 0 Å². The lowest BCUT2D eigenvalue weighted by molar-refractivity contribution is 0.157. The smallest absolute Gasteiger partial charge is 0.147 e. The predicted octanol–water partition coefficient (Wildman–Crippen LogP) is 1.86. The van der Waals surface area contributed by atoms with Crippen molar-refractivity contribution in [2.45, 2.75) is 58.4 Å². The first-order valence-electron chi connectivity index (χ1n) is 6.87. The molecule has 18 heavy (non-hydrogen) atoms. The van der Waals surface area contributed by atoms with Gasteiger partial charge < -0.3 is 0 Å². The highest BCUT2D eigenvalue weighted by atomic mass is 32.2. The lowest BCUT2D eigenvalue weighted by atomic mass is 9.70. The van der Waals surface area contributed by atoms with Crippen molar-refractivity contribution >= 4 is 9.84 Å². The molecule has 108 valence electrons. The zero-order valence-corrected chi connectivity index (χ0v) is 12.7. The van der Waals surface area contributed by atoms with E-state index in [-0.39, 0.29) is 11.8 Å². The van der Waals surface area contributed by atoms with Gasteiger partial charge in [0, 0.05) is 18.1 Å². The lowest BCUT2D eigenvalue weighted by Gasteiger charge is -2.37. The molecule has 0 aromatic rings. The number of rotatable bonds is 6. The number of nitrogens with one attached hydrogen (secondary N) is 1. The molecule has 1 fully saturated rings. The van der Waals surface area contributed by atoms with Gasteiger partial charge in [-0.2, -0.15) is 0 Å². The van der Waals surface area contributed by atoms with Crippen LogP contribution >= 0.6 is 0 Å². The van der Waals surface area contributed by atoms with Gasteiger partial charge in [-0.15, -0.1) is 0 Å². The van der Waals surface area contributed by atoms with Crippen LogP contribution in [0.15, 0.2) is 0 Å². The van der Waals surface area contributed by atoms with Crippen molar-refractivity contribution in [1.82, 2.24) is 5.43 Å². The Morgan fingerprint density at radius 3 is 2.33 bits per heavy atom.